The minimum atomic E-state index is -1.51. The number of ether oxygens (including phenoxy) is 3. The van der Waals surface area contributed by atoms with Gasteiger partial charge in [-0.1, -0.05) is 6.92 Å². The molecule has 4 saturated carbocycles. The van der Waals surface area contributed by atoms with Crippen molar-refractivity contribution in [3.05, 3.63) is 11.6 Å². The lowest BCUT2D eigenvalue weighted by Gasteiger charge is -2.66. The summed E-state index contributed by atoms with van der Waals surface area (Å²) in [4.78, 5) is 24.8. The van der Waals surface area contributed by atoms with Gasteiger partial charge in [-0.3, -0.25) is 0 Å². The Morgan fingerprint density at radius 1 is 1.00 bits per heavy atom. The predicted molar refractivity (Wildman–Crippen MR) is 136 cm³/mol. The summed E-state index contributed by atoms with van der Waals surface area (Å²) < 4.78 is 16.8. The van der Waals surface area contributed by atoms with Crippen molar-refractivity contribution in [1.29, 1.82) is 0 Å². The molecule has 2 heterocycles. The lowest BCUT2D eigenvalue weighted by Crippen LogP contribution is -2.72. The van der Waals surface area contributed by atoms with Crippen LogP contribution >= 0.6 is 0 Å². The molecule has 11 nitrogen and oxygen atoms in total. The Bertz CT molecular complexity index is 1080. The predicted octanol–water partition coefficient (Wildman–Crippen LogP) is -0.279. The molecule has 5 fully saturated rings. The van der Waals surface area contributed by atoms with Crippen LogP contribution < -0.4 is 0 Å². The molecule has 11 heteroatoms. The van der Waals surface area contributed by atoms with Crippen LogP contribution in [0.15, 0.2) is 11.6 Å². The Morgan fingerprint density at radius 2 is 1.75 bits per heavy atom. The second kappa shape index (κ2) is 9.54. The lowest BCUT2D eigenvalue weighted by molar-refractivity contribution is -0.320. The molecule has 1 saturated heterocycles. The first kappa shape index (κ1) is 28.7. The monoisotopic (exact) mass is 566 g/mol. The second-order valence-electron chi connectivity index (χ2n) is 13.6. The fraction of sp³-hybridized carbons (Fsp3) is 0.862. The number of rotatable bonds is 4. The Balaban J connectivity index is 1.25. The summed E-state index contributed by atoms with van der Waals surface area (Å²) in [5.41, 5.74) is -3.89. The zero-order chi connectivity index (χ0) is 28.8. The molecule has 0 unspecified atom stereocenters. The summed E-state index contributed by atoms with van der Waals surface area (Å²) in [6, 6.07) is 0. The van der Waals surface area contributed by atoms with Gasteiger partial charge in [0.2, 0.25) is 0 Å². The standard InChI is InChI=1S/C29H42O11/c1-14-22(33)23(34)24(35)25(39-14)40-16-3-6-27(13-30)21-18(4-7-28(27,36)10-16)29(37)8-5-17(15-9-20(32)38-12-15)26(29,2)11-19(21)31/h9,13-14,16-19,21-25,31,33-37H,3-8,10-12H2,1-2H3/t14-,16+,17-,18-,19+,21+,22+,23-,24+,25+,26+,27-,28-,29+/m0/s1. The number of hydrogen-bond donors (Lipinski definition) is 6. The van der Waals surface area contributed by atoms with Crippen LogP contribution in [0.25, 0.3) is 0 Å². The van der Waals surface area contributed by atoms with E-state index >= 15 is 0 Å². The van der Waals surface area contributed by atoms with Gasteiger partial charge in [0.1, 0.15) is 31.2 Å². The molecule has 2 aliphatic heterocycles. The number of hydrogen-bond acceptors (Lipinski definition) is 11. The van der Waals surface area contributed by atoms with Crippen LogP contribution in [0.3, 0.4) is 0 Å². The van der Waals surface area contributed by atoms with Crippen molar-refractivity contribution < 1.29 is 54.4 Å². The number of aliphatic hydroxyl groups is 6. The first-order chi connectivity index (χ1) is 18.8. The van der Waals surface area contributed by atoms with E-state index in [-0.39, 0.29) is 38.2 Å². The van der Waals surface area contributed by atoms with Crippen LogP contribution in [0.1, 0.15) is 65.2 Å². The third-order valence-electron chi connectivity index (χ3n) is 11.9. The van der Waals surface area contributed by atoms with Gasteiger partial charge >= 0.3 is 5.97 Å². The second-order valence-corrected chi connectivity index (χ2v) is 13.6. The van der Waals surface area contributed by atoms with Gasteiger partial charge in [0.15, 0.2) is 6.29 Å². The molecule has 0 aromatic rings. The fourth-order valence-corrected chi connectivity index (χ4v) is 9.82. The SMILES string of the molecule is C[C@@H]1O[C@H](O[C@@H]2CC[C@]3(C=O)[C@H]4[C@H](O)C[C@]5(C)[C@H](C6=CC(=O)OC6)CC[C@@]5(O)[C@H]4CC[C@]3(O)C2)[C@H](O)[C@@H](O)[C@@H]1O. The normalized spacial score (nSPS) is 56.0. The molecular weight excluding hydrogens is 524 g/mol. The molecule has 0 aromatic carbocycles. The van der Waals surface area contributed by atoms with Crippen molar-refractivity contribution in [3.8, 4) is 0 Å². The molecule has 6 rings (SSSR count). The van der Waals surface area contributed by atoms with E-state index in [9.17, 15) is 40.2 Å². The number of carbonyl (C=O) groups is 2. The van der Waals surface area contributed by atoms with Crippen molar-refractivity contribution >= 4 is 12.3 Å². The molecular formula is C29H42O11. The molecule has 0 spiro atoms. The minimum Gasteiger partial charge on any atom is -0.458 e. The third kappa shape index (κ3) is 3.78. The Labute approximate surface area is 233 Å². The van der Waals surface area contributed by atoms with Crippen LogP contribution in [0.4, 0.5) is 0 Å². The molecule has 0 bridgehead atoms. The Kier molecular flexibility index (Phi) is 6.83. The highest BCUT2D eigenvalue weighted by Gasteiger charge is 2.73. The van der Waals surface area contributed by atoms with E-state index in [4.69, 9.17) is 14.2 Å². The van der Waals surface area contributed by atoms with Gasteiger partial charge in [-0.05, 0) is 69.3 Å². The smallest absolute Gasteiger partial charge is 0.331 e. The molecule has 0 amide bonds. The number of esters is 1. The third-order valence-corrected chi connectivity index (χ3v) is 11.9. The molecule has 6 N–H and O–H groups in total. The maximum absolute atomic E-state index is 13.0. The van der Waals surface area contributed by atoms with Crippen LogP contribution in [-0.4, -0.2) is 104 Å². The van der Waals surface area contributed by atoms with E-state index < -0.39 is 82.8 Å². The summed E-state index contributed by atoms with van der Waals surface area (Å²) in [7, 11) is 0. The highest BCUT2D eigenvalue weighted by molar-refractivity contribution is 5.85. The first-order valence-electron chi connectivity index (χ1n) is 14.6. The summed E-state index contributed by atoms with van der Waals surface area (Å²) >= 11 is 0. The van der Waals surface area contributed by atoms with Crippen molar-refractivity contribution in [3.63, 3.8) is 0 Å². The summed E-state index contributed by atoms with van der Waals surface area (Å²) in [6.07, 6.45) is -2.87. The summed E-state index contributed by atoms with van der Waals surface area (Å²) in [5.74, 6) is -1.61. The molecule has 0 radical (unpaired) electrons. The zero-order valence-corrected chi connectivity index (χ0v) is 23.0. The van der Waals surface area contributed by atoms with E-state index in [0.717, 1.165) is 11.9 Å². The van der Waals surface area contributed by atoms with Crippen molar-refractivity contribution in [2.75, 3.05) is 6.61 Å². The van der Waals surface area contributed by atoms with Gasteiger partial charge in [-0.25, -0.2) is 4.79 Å². The zero-order valence-electron chi connectivity index (χ0n) is 23.0. The lowest BCUT2D eigenvalue weighted by atomic mass is 9.41. The van der Waals surface area contributed by atoms with E-state index in [2.05, 4.69) is 0 Å². The topological polar surface area (TPSA) is 183 Å². The van der Waals surface area contributed by atoms with E-state index in [0.29, 0.717) is 25.7 Å². The van der Waals surface area contributed by atoms with Gasteiger partial charge in [0.05, 0.1) is 34.9 Å². The quantitative estimate of drug-likeness (QED) is 0.149. The van der Waals surface area contributed by atoms with E-state index in [1.807, 2.05) is 6.92 Å². The number of carbonyl (C=O) groups excluding carboxylic acids is 2. The van der Waals surface area contributed by atoms with E-state index in [1.165, 1.54) is 6.08 Å². The van der Waals surface area contributed by atoms with Crippen molar-refractivity contribution in [2.45, 2.75) is 119 Å². The largest absolute Gasteiger partial charge is 0.458 e. The van der Waals surface area contributed by atoms with Crippen LogP contribution in [-0.2, 0) is 23.8 Å². The van der Waals surface area contributed by atoms with Crippen LogP contribution in [0.5, 0.6) is 0 Å². The minimum absolute atomic E-state index is 0.0615. The number of aliphatic hydroxyl groups excluding tert-OH is 4. The summed E-state index contributed by atoms with van der Waals surface area (Å²) in [6.45, 7) is 3.72. The van der Waals surface area contributed by atoms with Crippen molar-refractivity contribution in [1.82, 2.24) is 0 Å². The van der Waals surface area contributed by atoms with Gasteiger partial charge < -0.3 is 49.6 Å². The fourth-order valence-electron chi connectivity index (χ4n) is 9.82. The maximum Gasteiger partial charge on any atom is 0.331 e. The highest BCUT2D eigenvalue weighted by Crippen LogP contribution is 2.70. The van der Waals surface area contributed by atoms with E-state index in [1.54, 1.807) is 6.92 Å². The van der Waals surface area contributed by atoms with Crippen LogP contribution in [0, 0.1) is 28.6 Å². The number of cyclic esters (lactones) is 1. The average molecular weight is 567 g/mol. The van der Waals surface area contributed by atoms with Crippen molar-refractivity contribution in [2.24, 2.45) is 28.6 Å². The van der Waals surface area contributed by atoms with Gasteiger partial charge in [0, 0.05) is 23.8 Å². The maximum atomic E-state index is 13.0. The highest BCUT2D eigenvalue weighted by atomic mass is 16.7. The Hall–Kier alpha value is -1.44. The first-order valence-corrected chi connectivity index (χ1v) is 14.6. The van der Waals surface area contributed by atoms with Gasteiger partial charge in [0.25, 0.3) is 0 Å². The molecule has 224 valence electrons. The number of aldehydes is 1. The molecule has 0 aromatic heterocycles. The molecule has 40 heavy (non-hydrogen) atoms. The van der Waals surface area contributed by atoms with Crippen LogP contribution in [0.2, 0.25) is 0 Å². The Morgan fingerprint density at radius 3 is 2.42 bits per heavy atom. The molecule has 4 aliphatic carbocycles. The number of fused-ring (bicyclic) bond motifs is 5. The summed E-state index contributed by atoms with van der Waals surface area (Å²) in [5, 5.41) is 66.7. The van der Waals surface area contributed by atoms with Gasteiger partial charge in [-0.2, -0.15) is 0 Å². The molecule has 14 atom stereocenters. The molecule has 6 aliphatic rings. The average Bonchev–Trinajstić information content (AvgIpc) is 3.45. The van der Waals surface area contributed by atoms with Gasteiger partial charge in [-0.15, -0.1) is 0 Å².